The Hall–Kier alpha value is -9.24. The number of carbonyl (C=O) groups excluding carboxylic acids is 2. The molecule has 10 aromatic carbocycles. The number of rotatable bonds is 8. The van der Waals surface area contributed by atoms with Crippen molar-refractivity contribution in [3.63, 3.8) is 0 Å². The smallest absolute Gasteiger partial charge is 0.346 e. The topological polar surface area (TPSA) is 267 Å². The highest BCUT2D eigenvalue weighted by Crippen LogP contribution is 2.46. The molecule has 0 fully saturated rings. The van der Waals surface area contributed by atoms with Crippen LogP contribution in [-0.2, 0) is 4.74 Å². The summed E-state index contributed by atoms with van der Waals surface area (Å²) in [6.07, 6.45) is 0. The van der Waals surface area contributed by atoms with Gasteiger partial charge in [0.25, 0.3) is 0 Å². The molecule has 0 saturated heterocycles. The summed E-state index contributed by atoms with van der Waals surface area (Å²) in [5, 5.41) is 64.2. The fourth-order valence-electron chi connectivity index (χ4n) is 9.38. The van der Waals surface area contributed by atoms with Crippen LogP contribution in [-0.4, -0.2) is 78.4 Å². The highest BCUT2D eigenvalue weighted by Gasteiger charge is 2.30. The summed E-state index contributed by atoms with van der Waals surface area (Å²) in [6.45, 7) is 0. The lowest BCUT2D eigenvalue weighted by molar-refractivity contribution is 0.0398. The van der Waals surface area contributed by atoms with Crippen molar-refractivity contribution in [3.05, 3.63) is 142 Å². The van der Waals surface area contributed by atoms with Crippen molar-refractivity contribution in [1.29, 1.82) is 0 Å². The van der Waals surface area contributed by atoms with Gasteiger partial charge < -0.3 is 35.4 Å². The minimum absolute atomic E-state index is 0.0582. The number of carboxylic acids is 6. The van der Waals surface area contributed by atoms with Crippen LogP contribution in [0.2, 0.25) is 0 Å². The normalized spacial score (nSPS) is 11.7. The van der Waals surface area contributed by atoms with Gasteiger partial charge >= 0.3 is 47.8 Å². The van der Waals surface area contributed by atoms with Crippen molar-refractivity contribution in [2.75, 3.05) is 0 Å². The molecule has 0 spiro atoms. The van der Waals surface area contributed by atoms with Crippen molar-refractivity contribution in [2.24, 2.45) is 0 Å². The van der Waals surface area contributed by atoms with Gasteiger partial charge in [0.1, 0.15) is 0 Å². The third-order valence-electron chi connectivity index (χ3n) is 11.8. The van der Waals surface area contributed by atoms with E-state index in [1.165, 1.54) is 97.1 Å². The maximum atomic E-state index is 14.3. The summed E-state index contributed by atoms with van der Waals surface area (Å²) in [4.78, 5) is 103. The predicted molar refractivity (Wildman–Crippen MR) is 227 cm³/mol. The Labute approximate surface area is 348 Å². The molecule has 0 unspecified atom stereocenters. The Morgan fingerprint density at radius 1 is 0.238 bits per heavy atom. The zero-order valence-electron chi connectivity index (χ0n) is 31.6. The number of aromatic carboxylic acids is 6. The van der Waals surface area contributed by atoms with E-state index in [9.17, 15) is 69.0 Å². The predicted octanol–water partition coefficient (Wildman–Crippen LogP) is 8.97. The van der Waals surface area contributed by atoms with Crippen molar-refractivity contribution >= 4 is 134 Å². The fourth-order valence-corrected chi connectivity index (χ4v) is 9.38. The molecule has 0 atom stereocenters. The molecule has 304 valence electrons. The molecule has 10 aromatic rings. The van der Waals surface area contributed by atoms with E-state index < -0.39 is 47.8 Å². The van der Waals surface area contributed by atoms with Gasteiger partial charge in [0.2, 0.25) is 0 Å². The summed E-state index contributed by atoms with van der Waals surface area (Å²) in [5.74, 6) is -11.0. The van der Waals surface area contributed by atoms with Crippen LogP contribution in [0, 0.1) is 0 Å². The van der Waals surface area contributed by atoms with E-state index in [2.05, 4.69) is 0 Å². The first-order valence-electron chi connectivity index (χ1n) is 18.7. The Balaban J connectivity index is 1.19. The Morgan fingerprint density at radius 2 is 0.397 bits per heavy atom. The monoisotopic (exact) mass is 838 g/mol. The summed E-state index contributed by atoms with van der Waals surface area (Å²) in [6, 6.07) is 21.4. The zero-order chi connectivity index (χ0) is 44.5. The molecule has 0 aromatic heterocycles. The molecule has 0 heterocycles. The molecule has 0 amide bonds. The molecule has 0 radical (unpaired) electrons. The Bertz CT molecular complexity index is 3490. The number of fused-ring (bicyclic) bond motifs is 4. The second-order valence-electron chi connectivity index (χ2n) is 14.8. The summed E-state index contributed by atoms with van der Waals surface area (Å²) in [5.41, 5.74) is -2.57. The molecule has 0 aliphatic heterocycles. The number of carbonyl (C=O) groups is 8. The highest BCUT2D eigenvalue weighted by atomic mass is 16.6. The standard InChI is InChI=1S/C48H22O15/c49-41(50)25-9-1-17-21-5-13-29(45(57)58)39-31(15-7-23(35(21)39)19-3-11-27(43(53)54)37(25)33(17)19)47(61)63-48(62)32-16-8-24-20-4-12-28(44(55)56)38-26(42(51)52)10-2-18(34(20)38)22-6-14-30(46(59)60)40(32)36(22)24/h1-16H,(H,49,50)(H,51,52)(H,53,54)(H,55,56)(H,57,58)(H,59,60). The van der Waals surface area contributed by atoms with Crippen molar-refractivity contribution in [3.8, 4) is 0 Å². The summed E-state index contributed by atoms with van der Waals surface area (Å²) < 4.78 is 5.47. The van der Waals surface area contributed by atoms with E-state index in [4.69, 9.17) is 4.74 Å². The zero-order valence-corrected chi connectivity index (χ0v) is 31.6. The second kappa shape index (κ2) is 13.1. The van der Waals surface area contributed by atoms with E-state index >= 15 is 0 Å². The molecule has 0 aliphatic carbocycles. The van der Waals surface area contributed by atoms with Gasteiger partial charge in [0.15, 0.2) is 0 Å². The van der Waals surface area contributed by atoms with Gasteiger partial charge in [0, 0.05) is 21.5 Å². The molecule has 6 N–H and O–H groups in total. The third-order valence-corrected chi connectivity index (χ3v) is 11.8. The highest BCUT2D eigenvalue weighted by molar-refractivity contribution is 6.40. The lowest BCUT2D eigenvalue weighted by Crippen LogP contribution is -2.16. The van der Waals surface area contributed by atoms with Gasteiger partial charge in [-0.3, -0.25) is 0 Å². The van der Waals surface area contributed by atoms with Crippen LogP contribution in [0.3, 0.4) is 0 Å². The van der Waals surface area contributed by atoms with E-state index in [0.717, 1.165) is 0 Å². The van der Waals surface area contributed by atoms with Crippen LogP contribution in [0.1, 0.15) is 82.9 Å². The maximum Gasteiger partial charge on any atom is 0.346 e. The first-order valence-corrected chi connectivity index (χ1v) is 18.7. The fraction of sp³-hybridized carbons (Fsp3) is 0. The van der Waals surface area contributed by atoms with Gasteiger partial charge in [0.05, 0.1) is 44.5 Å². The lowest BCUT2D eigenvalue weighted by atomic mass is 9.84. The molecule has 10 rings (SSSR count). The molecule has 0 saturated carbocycles. The largest absolute Gasteiger partial charge is 0.478 e. The minimum atomic E-state index is -1.45. The first kappa shape index (κ1) is 38.0. The van der Waals surface area contributed by atoms with Gasteiger partial charge in [-0.1, -0.05) is 48.5 Å². The van der Waals surface area contributed by atoms with Crippen LogP contribution in [0.15, 0.2) is 97.1 Å². The number of esters is 2. The van der Waals surface area contributed by atoms with Gasteiger partial charge in [-0.15, -0.1) is 0 Å². The molecule has 63 heavy (non-hydrogen) atoms. The third kappa shape index (κ3) is 5.13. The van der Waals surface area contributed by atoms with E-state index in [1.54, 1.807) is 0 Å². The SMILES string of the molecule is O=C(O)c1ccc2c3ccc(C(=O)O)c4c(C(=O)OC(=O)c5ccc6c7ccc(C(=O)O)c8c(C(=O)O)ccc(c9ccc(C(=O)O)c5c96)c87)ccc(c5ccc(C(=O)O)c1c25)c43. The van der Waals surface area contributed by atoms with Crippen molar-refractivity contribution in [1.82, 2.24) is 0 Å². The number of hydrogen-bond acceptors (Lipinski definition) is 9. The van der Waals surface area contributed by atoms with E-state index in [-0.39, 0.29) is 87.6 Å². The molecular formula is C48H22O15. The molecule has 15 heteroatoms. The number of carboxylic acid groups (broad SMARTS) is 6. The Kier molecular flexibility index (Phi) is 7.92. The molecule has 0 aliphatic rings. The van der Waals surface area contributed by atoms with Crippen LogP contribution >= 0.6 is 0 Å². The van der Waals surface area contributed by atoms with Crippen LogP contribution < -0.4 is 0 Å². The molecule has 15 nitrogen and oxygen atoms in total. The second-order valence-corrected chi connectivity index (χ2v) is 14.8. The van der Waals surface area contributed by atoms with Crippen LogP contribution in [0.25, 0.3) is 86.2 Å². The first-order chi connectivity index (χ1) is 30.1. The number of ether oxygens (including phenoxy) is 1. The van der Waals surface area contributed by atoms with Gasteiger partial charge in [-0.05, 0) is 113 Å². The Morgan fingerprint density at radius 3 is 0.571 bits per heavy atom. The van der Waals surface area contributed by atoms with E-state index in [1.807, 2.05) is 0 Å². The number of benzene rings is 10. The maximum absolute atomic E-state index is 14.3. The lowest BCUT2D eigenvalue weighted by Gasteiger charge is -2.19. The summed E-state index contributed by atoms with van der Waals surface area (Å²) >= 11 is 0. The van der Waals surface area contributed by atoms with Crippen molar-refractivity contribution in [2.45, 2.75) is 0 Å². The van der Waals surface area contributed by atoms with Gasteiger partial charge in [-0.2, -0.15) is 0 Å². The quantitative estimate of drug-likeness (QED) is 0.0361. The average Bonchev–Trinajstić information content (AvgIpc) is 3.25. The minimum Gasteiger partial charge on any atom is -0.478 e. The van der Waals surface area contributed by atoms with E-state index in [0.29, 0.717) is 43.1 Å². The van der Waals surface area contributed by atoms with Gasteiger partial charge in [-0.25, -0.2) is 38.4 Å². The molecular weight excluding hydrogens is 817 g/mol. The van der Waals surface area contributed by atoms with Crippen LogP contribution in [0.5, 0.6) is 0 Å². The molecule has 0 bridgehead atoms. The number of hydrogen-bond donors (Lipinski definition) is 6. The summed E-state index contributed by atoms with van der Waals surface area (Å²) in [7, 11) is 0. The van der Waals surface area contributed by atoms with Crippen molar-refractivity contribution < 1.29 is 73.7 Å². The van der Waals surface area contributed by atoms with Crippen LogP contribution in [0.4, 0.5) is 0 Å². The average molecular weight is 839 g/mol.